The molecule has 0 aromatic heterocycles. The van der Waals surface area contributed by atoms with Crippen LogP contribution in [0.5, 0.6) is 5.75 Å². The molecule has 1 heterocycles. The molecule has 2 aromatic carbocycles. The maximum absolute atomic E-state index is 13.6. The van der Waals surface area contributed by atoms with Crippen LogP contribution < -0.4 is 26.4 Å². The number of carbonyl (C=O) groups is 4. The van der Waals surface area contributed by atoms with E-state index in [-0.39, 0.29) is 55.2 Å². The van der Waals surface area contributed by atoms with Gasteiger partial charge in [-0.15, -0.1) is 0 Å². The molecule has 49 heavy (non-hydrogen) atoms. The largest absolute Gasteiger partial charge is 0.488 e. The molecule has 2 aromatic rings. The first-order valence-electron chi connectivity index (χ1n) is 17.7. The number of para-hydroxylation sites is 2. The van der Waals surface area contributed by atoms with Gasteiger partial charge in [-0.05, 0) is 62.9 Å². The average molecular weight is 679 g/mol. The number of hydrogen-bond acceptors (Lipinski definition) is 7. The van der Waals surface area contributed by atoms with Gasteiger partial charge in [-0.1, -0.05) is 44.7 Å². The van der Waals surface area contributed by atoms with Crippen molar-refractivity contribution >= 4 is 40.8 Å². The lowest BCUT2D eigenvalue weighted by Gasteiger charge is -2.34. The van der Waals surface area contributed by atoms with Gasteiger partial charge >= 0.3 is 6.03 Å². The fourth-order valence-electron chi connectivity index (χ4n) is 6.40. The van der Waals surface area contributed by atoms with Crippen molar-refractivity contribution in [3.63, 3.8) is 0 Å². The van der Waals surface area contributed by atoms with Gasteiger partial charge in [0.25, 0.3) is 0 Å². The van der Waals surface area contributed by atoms with E-state index >= 15 is 0 Å². The van der Waals surface area contributed by atoms with Gasteiger partial charge in [0.1, 0.15) is 11.9 Å². The van der Waals surface area contributed by atoms with E-state index in [1.165, 1.54) is 6.42 Å². The second-order valence-electron chi connectivity index (χ2n) is 13.6. The summed E-state index contributed by atoms with van der Waals surface area (Å²) < 4.78 is 6.55. The summed E-state index contributed by atoms with van der Waals surface area (Å²) in [5.41, 5.74) is 8.17. The fraction of sp³-hybridized carbons (Fsp3) is 0.568. The zero-order valence-electron chi connectivity index (χ0n) is 29.2. The summed E-state index contributed by atoms with van der Waals surface area (Å²) in [4.78, 5) is 55.1. The number of benzene rings is 2. The molecular weight excluding hydrogens is 624 g/mol. The summed E-state index contributed by atoms with van der Waals surface area (Å²) in [6.07, 6.45) is 7.64. The van der Waals surface area contributed by atoms with Crippen LogP contribution >= 0.6 is 0 Å². The van der Waals surface area contributed by atoms with Crippen LogP contribution in [0, 0.1) is 5.92 Å². The number of urea groups is 1. The monoisotopic (exact) mass is 678 g/mol. The van der Waals surface area contributed by atoms with Crippen molar-refractivity contribution in [3.8, 4) is 5.75 Å². The van der Waals surface area contributed by atoms with Crippen LogP contribution in [0.1, 0.15) is 83.6 Å². The lowest BCUT2D eigenvalue weighted by molar-refractivity contribution is -0.134. The molecule has 0 unspecified atom stereocenters. The number of likely N-dealkylation sites (N-methyl/N-ethyl adjacent to an activating group) is 1. The Balaban J connectivity index is 1.35. The highest BCUT2D eigenvalue weighted by molar-refractivity contribution is 5.94. The molecule has 5 amide bonds. The Morgan fingerprint density at radius 1 is 1.02 bits per heavy atom. The molecule has 4 rings (SSSR count). The number of anilines is 3. The van der Waals surface area contributed by atoms with Crippen LogP contribution in [0.3, 0.4) is 0 Å². The highest BCUT2D eigenvalue weighted by Crippen LogP contribution is 2.29. The average Bonchev–Trinajstić information content (AvgIpc) is 3.12. The summed E-state index contributed by atoms with van der Waals surface area (Å²) in [5.74, 6) is -0.0446. The summed E-state index contributed by atoms with van der Waals surface area (Å²) in [6, 6.07) is 12.0. The van der Waals surface area contributed by atoms with E-state index in [1.807, 2.05) is 26.0 Å². The van der Waals surface area contributed by atoms with Crippen LogP contribution in [0.15, 0.2) is 42.5 Å². The van der Waals surface area contributed by atoms with Gasteiger partial charge < -0.3 is 41.3 Å². The van der Waals surface area contributed by atoms with Gasteiger partial charge in [-0.3, -0.25) is 14.4 Å². The summed E-state index contributed by atoms with van der Waals surface area (Å²) in [6.45, 7) is 4.30. The number of aliphatic hydroxyl groups is 1. The smallest absolute Gasteiger partial charge is 0.317 e. The maximum atomic E-state index is 13.6. The number of nitrogens with zero attached hydrogens (tertiary/aromatic N) is 2. The molecule has 12 heteroatoms. The number of fused-ring (bicyclic) bond motifs is 1. The first-order chi connectivity index (χ1) is 23.5. The van der Waals surface area contributed by atoms with Gasteiger partial charge in [0.15, 0.2) is 0 Å². The highest BCUT2D eigenvalue weighted by atomic mass is 16.5. The Hall–Kier alpha value is -4.32. The van der Waals surface area contributed by atoms with Gasteiger partial charge in [0.2, 0.25) is 17.7 Å². The van der Waals surface area contributed by atoms with E-state index in [9.17, 15) is 24.3 Å². The molecule has 0 saturated heterocycles. The standard InChI is InChI=1S/C37H54N6O6/c1-25-22-43(26(2)24-44)36(47)21-27-20-29(39-34(45)16-8-5-9-17-35(46)41-31-15-11-10-14-30(31)38)18-19-32(27)49-33(25)23-42(3)37(48)40-28-12-6-4-7-13-28/h10-11,14-15,18-20,25-26,28,33,44H,4-9,12-13,16-17,21-24,38H2,1-3H3,(H,39,45)(H,40,48)(H,41,46)/t25-,26+,33-/m1/s1. The number of nitrogens with one attached hydrogen (secondary N) is 3. The molecular formula is C37H54N6O6. The lowest BCUT2D eigenvalue weighted by atomic mass is 9.96. The fourth-order valence-corrected chi connectivity index (χ4v) is 6.40. The summed E-state index contributed by atoms with van der Waals surface area (Å²) in [5, 5.41) is 18.9. The van der Waals surface area contributed by atoms with Gasteiger partial charge in [-0.25, -0.2) is 4.79 Å². The SMILES string of the molecule is C[C@@H]1CN([C@@H](C)CO)C(=O)Cc2cc(NC(=O)CCCCCC(=O)Nc3ccccc3N)ccc2O[C@@H]1CN(C)C(=O)NC1CCCCC1. The number of nitrogen functional groups attached to an aromatic ring is 1. The van der Waals surface area contributed by atoms with E-state index in [2.05, 4.69) is 16.0 Å². The molecule has 3 atom stereocenters. The normalized spacial score (nSPS) is 18.9. The van der Waals surface area contributed by atoms with E-state index < -0.39 is 12.1 Å². The second kappa shape index (κ2) is 18.4. The molecule has 0 radical (unpaired) electrons. The second-order valence-corrected chi connectivity index (χ2v) is 13.6. The maximum Gasteiger partial charge on any atom is 0.317 e. The molecule has 1 fully saturated rings. The van der Waals surface area contributed by atoms with E-state index in [1.54, 1.807) is 47.2 Å². The number of ether oxygens (including phenoxy) is 1. The Morgan fingerprint density at radius 3 is 2.41 bits per heavy atom. The number of aliphatic hydroxyl groups excluding tert-OH is 1. The minimum Gasteiger partial charge on any atom is -0.488 e. The van der Waals surface area contributed by atoms with Crippen LogP contribution in [0.25, 0.3) is 0 Å². The molecule has 6 N–H and O–H groups in total. The van der Waals surface area contributed by atoms with E-state index in [0.717, 1.165) is 25.7 Å². The van der Waals surface area contributed by atoms with E-state index in [4.69, 9.17) is 10.5 Å². The summed E-state index contributed by atoms with van der Waals surface area (Å²) in [7, 11) is 1.76. The van der Waals surface area contributed by atoms with Crippen molar-refractivity contribution in [1.29, 1.82) is 0 Å². The van der Waals surface area contributed by atoms with Crippen LogP contribution in [-0.4, -0.2) is 83.6 Å². The molecule has 0 spiro atoms. The summed E-state index contributed by atoms with van der Waals surface area (Å²) >= 11 is 0. The molecule has 12 nitrogen and oxygen atoms in total. The Kier molecular flexibility index (Phi) is 14.1. The van der Waals surface area contributed by atoms with Crippen molar-refractivity contribution < 1.29 is 29.0 Å². The zero-order chi connectivity index (χ0) is 35.3. The van der Waals surface area contributed by atoms with Gasteiger partial charge in [0.05, 0.1) is 37.0 Å². The number of nitrogens with two attached hydrogens (primary N) is 1. The van der Waals surface area contributed by atoms with Crippen molar-refractivity contribution in [1.82, 2.24) is 15.1 Å². The first-order valence-corrected chi connectivity index (χ1v) is 17.7. The van der Waals surface area contributed by atoms with Gasteiger partial charge in [-0.2, -0.15) is 0 Å². The van der Waals surface area contributed by atoms with E-state index in [0.29, 0.717) is 67.1 Å². The van der Waals surface area contributed by atoms with Crippen molar-refractivity contribution in [2.24, 2.45) is 5.92 Å². The molecule has 2 aliphatic rings. The minimum absolute atomic E-state index is 0.0392. The Labute approximate surface area is 290 Å². The number of unbranched alkanes of at least 4 members (excludes halogenated alkanes) is 2. The highest BCUT2D eigenvalue weighted by Gasteiger charge is 2.32. The predicted octanol–water partition coefficient (Wildman–Crippen LogP) is 4.92. The van der Waals surface area contributed by atoms with Crippen LogP contribution in [-0.2, 0) is 20.8 Å². The third kappa shape index (κ3) is 11.4. The van der Waals surface area contributed by atoms with Crippen molar-refractivity contribution in [2.75, 3.05) is 43.1 Å². The minimum atomic E-state index is -0.423. The third-order valence-corrected chi connectivity index (χ3v) is 9.48. The number of rotatable bonds is 13. The van der Waals surface area contributed by atoms with Crippen LogP contribution in [0.4, 0.5) is 21.9 Å². The first kappa shape index (κ1) is 37.5. The number of amides is 5. The lowest BCUT2D eigenvalue weighted by Crippen LogP contribution is -2.50. The topological polar surface area (TPSA) is 166 Å². The van der Waals surface area contributed by atoms with Crippen LogP contribution in [0.2, 0.25) is 0 Å². The van der Waals surface area contributed by atoms with Crippen molar-refractivity contribution in [2.45, 2.75) is 103 Å². The Bertz CT molecular complexity index is 1430. The molecule has 0 bridgehead atoms. The van der Waals surface area contributed by atoms with Gasteiger partial charge in [0, 0.05) is 49.6 Å². The molecule has 1 aliphatic heterocycles. The molecule has 268 valence electrons. The zero-order valence-corrected chi connectivity index (χ0v) is 29.2. The predicted molar refractivity (Wildman–Crippen MR) is 191 cm³/mol. The Morgan fingerprint density at radius 2 is 1.71 bits per heavy atom. The number of carbonyl (C=O) groups excluding carboxylic acids is 4. The number of hydrogen-bond donors (Lipinski definition) is 5. The third-order valence-electron chi connectivity index (χ3n) is 9.48. The quantitative estimate of drug-likeness (QED) is 0.148. The molecule has 1 saturated carbocycles. The molecule has 1 aliphatic carbocycles. The van der Waals surface area contributed by atoms with Crippen molar-refractivity contribution in [3.05, 3.63) is 48.0 Å².